The second kappa shape index (κ2) is 7.72. The Kier molecular flexibility index (Phi) is 5.61. The summed E-state index contributed by atoms with van der Waals surface area (Å²) in [5.74, 6) is 3.09. The second-order valence-electron chi connectivity index (χ2n) is 7.96. The predicted octanol–water partition coefficient (Wildman–Crippen LogP) is 1.97. The minimum atomic E-state index is -0.0699. The highest BCUT2D eigenvalue weighted by molar-refractivity contribution is 5.79. The van der Waals surface area contributed by atoms with E-state index in [9.17, 15) is 0 Å². The van der Waals surface area contributed by atoms with Crippen molar-refractivity contribution < 1.29 is 4.74 Å². The van der Waals surface area contributed by atoms with Crippen LogP contribution in [-0.2, 0) is 24.2 Å². The fourth-order valence-electron chi connectivity index (χ4n) is 3.68. The number of guanidine groups is 1. The first kappa shape index (κ1) is 18.2. The van der Waals surface area contributed by atoms with E-state index >= 15 is 0 Å². The van der Waals surface area contributed by atoms with Crippen LogP contribution in [-0.4, -0.2) is 57.5 Å². The zero-order valence-corrected chi connectivity index (χ0v) is 16.1. The molecule has 2 aliphatic heterocycles. The number of aliphatic imine (C=N–C) groups is 1. The van der Waals surface area contributed by atoms with Gasteiger partial charge in [0.15, 0.2) is 11.8 Å². The molecule has 0 radical (unpaired) electrons. The molecule has 3 rings (SSSR count). The summed E-state index contributed by atoms with van der Waals surface area (Å²) < 4.78 is 8.37. The number of rotatable bonds is 3. The van der Waals surface area contributed by atoms with Crippen LogP contribution in [0, 0.1) is 0 Å². The monoisotopic (exact) mass is 348 g/mol. The quantitative estimate of drug-likeness (QED) is 0.668. The van der Waals surface area contributed by atoms with E-state index in [1.54, 1.807) is 0 Å². The average Bonchev–Trinajstić information content (AvgIpc) is 2.99. The normalized spacial score (nSPS) is 19.8. The zero-order valence-electron chi connectivity index (χ0n) is 16.1. The Balaban J connectivity index is 1.51. The lowest BCUT2D eigenvalue weighted by atomic mass is 10.1. The molecule has 25 heavy (non-hydrogen) atoms. The van der Waals surface area contributed by atoms with Crippen molar-refractivity contribution in [1.29, 1.82) is 0 Å². The number of fused-ring (bicyclic) bond motifs is 1. The van der Waals surface area contributed by atoms with Gasteiger partial charge in [-0.2, -0.15) is 0 Å². The maximum atomic E-state index is 6.11. The highest BCUT2D eigenvalue weighted by Gasteiger charge is 2.26. The third-order valence-corrected chi connectivity index (χ3v) is 4.81. The number of nitrogens with one attached hydrogen (secondary N) is 1. The first-order valence-electron chi connectivity index (χ1n) is 9.50. The number of piperidine rings is 1. The third-order valence-electron chi connectivity index (χ3n) is 4.81. The molecule has 1 saturated heterocycles. The van der Waals surface area contributed by atoms with Crippen molar-refractivity contribution in [2.45, 2.75) is 77.7 Å². The molecule has 0 saturated carbocycles. The number of aryl methyl sites for hydroxylation is 1. The Morgan fingerprint density at radius 1 is 1.20 bits per heavy atom. The highest BCUT2D eigenvalue weighted by atomic mass is 16.5. The summed E-state index contributed by atoms with van der Waals surface area (Å²) >= 11 is 0. The fraction of sp³-hybridized carbons (Fsp3) is 0.833. The van der Waals surface area contributed by atoms with Crippen molar-refractivity contribution in [3.63, 3.8) is 0 Å². The Hall–Kier alpha value is -1.63. The molecule has 0 aromatic carbocycles. The largest absolute Gasteiger partial charge is 0.372 e. The van der Waals surface area contributed by atoms with E-state index in [4.69, 9.17) is 4.74 Å². The second-order valence-corrected chi connectivity index (χ2v) is 7.96. The van der Waals surface area contributed by atoms with Crippen molar-refractivity contribution in [1.82, 2.24) is 25.0 Å². The average molecular weight is 348 g/mol. The van der Waals surface area contributed by atoms with Gasteiger partial charge in [-0.15, -0.1) is 10.2 Å². The van der Waals surface area contributed by atoms with Gasteiger partial charge in [0.25, 0.3) is 0 Å². The molecule has 0 unspecified atom stereocenters. The van der Waals surface area contributed by atoms with E-state index in [1.807, 2.05) is 7.05 Å². The molecule has 140 valence electrons. The summed E-state index contributed by atoms with van der Waals surface area (Å²) in [6, 6.07) is 0. The maximum Gasteiger partial charge on any atom is 0.194 e. The van der Waals surface area contributed by atoms with Gasteiger partial charge in [0.2, 0.25) is 0 Å². The number of hydrogen-bond acceptors (Lipinski definition) is 4. The van der Waals surface area contributed by atoms with E-state index in [-0.39, 0.29) is 5.60 Å². The minimum Gasteiger partial charge on any atom is -0.372 e. The van der Waals surface area contributed by atoms with Crippen molar-refractivity contribution in [3.05, 3.63) is 11.6 Å². The molecule has 0 atom stereocenters. The molecular formula is C18H32N6O. The lowest BCUT2D eigenvalue weighted by Gasteiger charge is -2.36. The Bertz CT molecular complexity index is 595. The van der Waals surface area contributed by atoms with E-state index < -0.39 is 0 Å². The van der Waals surface area contributed by atoms with Gasteiger partial charge < -0.3 is 19.5 Å². The molecule has 0 spiro atoms. The number of likely N-dealkylation sites (tertiary alicyclic amines) is 1. The third kappa shape index (κ3) is 4.71. The lowest BCUT2D eigenvalue weighted by molar-refractivity contribution is -0.0772. The van der Waals surface area contributed by atoms with Gasteiger partial charge in [0.05, 0.1) is 18.2 Å². The Morgan fingerprint density at radius 3 is 2.64 bits per heavy atom. The van der Waals surface area contributed by atoms with Crippen LogP contribution < -0.4 is 5.32 Å². The summed E-state index contributed by atoms with van der Waals surface area (Å²) in [5.41, 5.74) is -0.0699. The van der Waals surface area contributed by atoms with E-state index in [0.29, 0.717) is 12.6 Å². The molecule has 1 aromatic heterocycles. The van der Waals surface area contributed by atoms with Crippen LogP contribution >= 0.6 is 0 Å². The predicted molar refractivity (Wildman–Crippen MR) is 98.6 cm³/mol. The number of aromatic nitrogens is 3. The first-order valence-corrected chi connectivity index (χ1v) is 9.50. The molecule has 7 nitrogen and oxygen atoms in total. The zero-order chi connectivity index (χ0) is 17.9. The van der Waals surface area contributed by atoms with Crippen molar-refractivity contribution in [2.24, 2.45) is 4.99 Å². The van der Waals surface area contributed by atoms with Crippen LogP contribution in [0.3, 0.4) is 0 Å². The topological polar surface area (TPSA) is 67.6 Å². The smallest absolute Gasteiger partial charge is 0.194 e. The SMILES string of the molecule is CN=C(NCc1nnc2n1CCCC2)N1CCC(OC(C)(C)C)CC1. The summed E-state index contributed by atoms with van der Waals surface area (Å²) in [5, 5.41) is 12.1. The van der Waals surface area contributed by atoms with Crippen molar-refractivity contribution >= 4 is 5.96 Å². The van der Waals surface area contributed by atoms with Crippen molar-refractivity contribution in [3.8, 4) is 0 Å². The lowest BCUT2D eigenvalue weighted by Crippen LogP contribution is -2.47. The summed E-state index contributed by atoms with van der Waals surface area (Å²) in [6.45, 7) is 10.0. The van der Waals surface area contributed by atoms with Gasteiger partial charge >= 0.3 is 0 Å². The maximum absolute atomic E-state index is 6.11. The van der Waals surface area contributed by atoms with Crippen LogP contribution in [0.15, 0.2) is 4.99 Å². The molecule has 7 heteroatoms. The summed E-state index contributed by atoms with van der Waals surface area (Å²) in [6.07, 6.45) is 5.91. The Labute approximate surface area is 150 Å². The molecule has 1 N–H and O–H groups in total. The van der Waals surface area contributed by atoms with E-state index in [2.05, 4.69) is 50.7 Å². The number of ether oxygens (including phenoxy) is 1. The number of hydrogen-bond donors (Lipinski definition) is 1. The molecule has 0 amide bonds. The van der Waals surface area contributed by atoms with Gasteiger partial charge in [-0.3, -0.25) is 4.99 Å². The summed E-state index contributed by atoms with van der Waals surface area (Å²) in [7, 11) is 1.85. The van der Waals surface area contributed by atoms with Gasteiger partial charge in [0, 0.05) is 33.1 Å². The molecule has 1 aromatic rings. The number of nitrogens with zero attached hydrogens (tertiary/aromatic N) is 5. The van der Waals surface area contributed by atoms with Crippen molar-refractivity contribution in [2.75, 3.05) is 20.1 Å². The standard InChI is InChI=1S/C18H32N6O/c1-18(2,3)25-14-8-11-23(12-9-14)17(19-4)20-13-16-22-21-15-7-5-6-10-24(15)16/h14H,5-13H2,1-4H3,(H,19,20). The van der Waals surface area contributed by atoms with Gasteiger partial charge in [0.1, 0.15) is 5.82 Å². The van der Waals surface area contributed by atoms with E-state index in [1.165, 1.54) is 12.8 Å². The van der Waals surface area contributed by atoms with Crippen LogP contribution in [0.4, 0.5) is 0 Å². The van der Waals surface area contributed by atoms with Crippen LogP contribution in [0.1, 0.15) is 58.1 Å². The fourth-order valence-corrected chi connectivity index (χ4v) is 3.68. The van der Waals surface area contributed by atoms with Crippen LogP contribution in [0.5, 0.6) is 0 Å². The van der Waals surface area contributed by atoms with E-state index in [0.717, 1.165) is 56.5 Å². The highest BCUT2D eigenvalue weighted by Crippen LogP contribution is 2.20. The first-order chi connectivity index (χ1) is 12.0. The molecular weight excluding hydrogens is 316 g/mol. The molecule has 0 bridgehead atoms. The van der Waals surface area contributed by atoms with Gasteiger partial charge in [-0.05, 0) is 46.5 Å². The molecule has 0 aliphatic carbocycles. The minimum absolute atomic E-state index is 0.0699. The summed E-state index contributed by atoms with van der Waals surface area (Å²) in [4.78, 5) is 6.77. The van der Waals surface area contributed by atoms with Gasteiger partial charge in [-0.1, -0.05) is 0 Å². The molecule has 3 heterocycles. The molecule has 1 fully saturated rings. The Morgan fingerprint density at radius 2 is 1.96 bits per heavy atom. The van der Waals surface area contributed by atoms with Gasteiger partial charge in [-0.25, -0.2) is 0 Å². The van der Waals surface area contributed by atoms with Crippen LogP contribution in [0.25, 0.3) is 0 Å². The molecule has 2 aliphatic rings. The van der Waals surface area contributed by atoms with Crippen LogP contribution in [0.2, 0.25) is 0 Å².